The number of aromatic amines is 1. The second-order valence-electron chi connectivity index (χ2n) is 6.12. The van der Waals surface area contributed by atoms with Crippen LogP contribution in [0.15, 0.2) is 4.90 Å². The Balaban J connectivity index is 1.96. The van der Waals surface area contributed by atoms with Gasteiger partial charge in [-0.2, -0.15) is 9.40 Å². The topological polar surface area (TPSA) is 69.3 Å². The molecule has 2 bridgehead atoms. The maximum atomic E-state index is 12.9. The van der Waals surface area contributed by atoms with E-state index >= 15 is 0 Å². The van der Waals surface area contributed by atoms with Crippen molar-refractivity contribution in [3.05, 3.63) is 11.4 Å². The number of rotatable bonds is 2. The Morgan fingerprint density at radius 3 is 2.55 bits per heavy atom. The Labute approximate surface area is 120 Å². The molecule has 4 heterocycles. The van der Waals surface area contributed by atoms with Crippen molar-refractivity contribution in [2.45, 2.75) is 37.6 Å². The Morgan fingerprint density at radius 1 is 1.20 bits per heavy atom. The molecule has 0 amide bonds. The minimum atomic E-state index is -3.44. The summed E-state index contributed by atoms with van der Waals surface area (Å²) in [7, 11) is -1.34. The zero-order valence-electron chi connectivity index (χ0n) is 12.3. The maximum Gasteiger partial charge on any atom is 0.246 e. The number of fused-ring (bicyclic) bond motifs is 4. The Hall–Kier alpha value is -0.920. The fourth-order valence-electron chi connectivity index (χ4n) is 3.52. The number of hydrogen-bond donors (Lipinski definition) is 1. The third-order valence-corrected chi connectivity index (χ3v) is 6.71. The molecule has 3 aliphatic heterocycles. The number of likely N-dealkylation sites (N-methyl/N-ethyl adjacent to an activating group) is 1. The molecule has 1 aromatic rings. The van der Waals surface area contributed by atoms with Gasteiger partial charge in [0.05, 0.1) is 11.4 Å². The van der Waals surface area contributed by atoms with Crippen LogP contribution >= 0.6 is 0 Å². The summed E-state index contributed by atoms with van der Waals surface area (Å²) in [6.07, 6.45) is 2.22. The lowest BCUT2D eigenvalue weighted by molar-refractivity contribution is 0.168. The van der Waals surface area contributed by atoms with Crippen LogP contribution in [0.3, 0.4) is 0 Å². The summed E-state index contributed by atoms with van der Waals surface area (Å²) in [5, 5.41) is 6.81. The summed E-state index contributed by atoms with van der Waals surface area (Å²) in [4.78, 5) is 2.67. The smallest absolute Gasteiger partial charge is 0.246 e. The van der Waals surface area contributed by atoms with Crippen LogP contribution in [-0.2, 0) is 10.0 Å². The summed E-state index contributed by atoms with van der Waals surface area (Å²) in [6, 6.07) is 0.344. The van der Waals surface area contributed by atoms with E-state index in [9.17, 15) is 8.42 Å². The zero-order valence-corrected chi connectivity index (χ0v) is 13.1. The van der Waals surface area contributed by atoms with Crippen LogP contribution in [-0.4, -0.2) is 60.5 Å². The molecule has 0 radical (unpaired) electrons. The predicted molar refractivity (Wildman–Crippen MR) is 76.0 cm³/mol. The molecular weight excluding hydrogens is 276 g/mol. The van der Waals surface area contributed by atoms with E-state index in [0.29, 0.717) is 41.3 Å². The Kier molecular flexibility index (Phi) is 3.38. The maximum absolute atomic E-state index is 12.9. The van der Waals surface area contributed by atoms with Gasteiger partial charge in [0, 0.05) is 25.7 Å². The van der Waals surface area contributed by atoms with Gasteiger partial charge in [-0.1, -0.05) is 0 Å². The normalized spacial score (nSPS) is 28.8. The Bertz CT molecular complexity index is 590. The number of nitrogens with one attached hydrogen (secondary N) is 1. The van der Waals surface area contributed by atoms with Crippen molar-refractivity contribution in [1.29, 1.82) is 0 Å². The summed E-state index contributed by atoms with van der Waals surface area (Å²) in [5.74, 6) is 0.445. The molecular formula is C13H22N4O2S. The van der Waals surface area contributed by atoms with Crippen molar-refractivity contribution in [2.24, 2.45) is 5.92 Å². The van der Waals surface area contributed by atoms with E-state index in [0.717, 1.165) is 19.4 Å². The van der Waals surface area contributed by atoms with E-state index in [1.54, 1.807) is 18.2 Å². The molecule has 6 nitrogen and oxygen atoms in total. The number of H-pyrrole nitrogens is 1. The lowest BCUT2D eigenvalue weighted by Gasteiger charge is -2.32. The first-order valence-electron chi connectivity index (χ1n) is 7.11. The van der Waals surface area contributed by atoms with Crippen LogP contribution in [0.4, 0.5) is 0 Å². The number of aromatic nitrogens is 2. The van der Waals surface area contributed by atoms with Crippen LogP contribution in [0, 0.1) is 19.8 Å². The Morgan fingerprint density at radius 2 is 1.95 bits per heavy atom. The highest BCUT2D eigenvalue weighted by Crippen LogP contribution is 2.31. The standard InChI is InChI=1S/C13H22N4O2S/c1-9-13(10(2)15-14-9)20(18,19)17-7-11-4-5-12(8-17)16(3)6-11/h11-12H,4-8H2,1-3H3,(H,14,15)/t11-,12-/m1/s1. The van der Waals surface area contributed by atoms with Crippen molar-refractivity contribution in [1.82, 2.24) is 19.4 Å². The molecule has 0 unspecified atom stereocenters. The zero-order chi connectivity index (χ0) is 14.5. The minimum absolute atomic E-state index is 0.344. The average molecular weight is 298 g/mol. The van der Waals surface area contributed by atoms with E-state index < -0.39 is 10.0 Å². The van der Waals surface area contributed by atoms with Crippen LogP contribution in [0.2, 0.25) is 0 Å². The van der Waals surface area contributed by atoms with Gasteiger partial charge in [0.2, 0.25) is 10.0 Å². The molecule has 0 saturated carbocycles. The van der Waals surface area contributed by atoms with E-state index in [1.165, 1.54) is 0 Å². The van der Waals surface area contributed by atoms with Crippen molar-refractivity contribution >= 4 is 10.0 Å². The third kappa shape index (κ3) is 2.17. The third-order valence-electron chi connectivity index (χ3n) is 4.61. The van der Waals surface area contributed by atoms with Crippen molar-refractivity contribution in [3.8, 4) is 0 Å². The van der Waals surface area contributed by atoms with Gasteiger partial charge < -0.3 is 4.90 Å². The number of aryl methyl sites for hydroxylation is 2. The van der Waals surface area contributed by atoms with Crippen LogP contribution in [0.1, 0.15) is 24.2 Å². The van der Waals surface area contributed by atoms with Crippen LogP contribution < -0.4 is 0 Å². The van der Waals surface area contributed by atoms with E-state index in [-0.39, 0.29) is 0 Å². The van der Waals surface area contributed by atoms with Crippen LogP contribution in [0.25, 0.3) is 0 Å². The first-order chi connectivity index (χ1) is 9.39. The molecule has 1 aromatic heterocycles. The molecule has 0 spiro atoms. The first kappa shape index (κ1) is 14.0. The molecule has 2 atom stereocenters. The largest absolute Gasteiger partial charge is 0.302 e. The summed E-state index contributed by atoms with van der Waals surface area (Å²) < 4.78 is 27.5. The van der Waals surface area contributed by atoms with Crippen molar-refractivity contribution in [3.63, 3.8) is 0 Å². The fraction of sp³-hybridized carbons (Fsp3) is 0.769. The minimum Gasteiger partial charge on any atom is -0.302 e. The van der Waals surface area contributed by atoms with E-state index in [4.69, 9.17) is 0 Å². The molecule has 0 aromatic carbocycles. The number of sulfonamides is 1. The van der Waals surface area contributed by atoms with Gasteiger partial charge in [0.1, 0.15) is 4.90 Å². The number of nitrogens with zero attached hydrogens (tertiary/aromatic N) is 3. The van der Waals surface area contributed by atoms with Crippen molar-refractivity contribution < 1.29 is 8.42 Å². The summed E-state index contributed by atoms with van der Waals surface area (Å²) in [6.45, 7) is 5.74. The summed E-state index contributed by atoms with van der Waals surface area (Å²) >= 11 is 0. The van der Waals surface area contributed by atoms with E-state index in [2.05, 4.69) is 22.1 Å². The molecule has 0 aliphatic carbocycles. The molecule has 3 fully saturated rings. The quantitative estimate of drug-likeness (QED) is 0.874. The predicted octanol–water partition coefficient (Wildman–Crippen LogP) is 0.741. The SMILES string of the molecule is Cc1n[nH]c(C)c1S(=O)(=O)N1C[C@@H]2CC[C@H](C1)N(C)C2. The lowest BCUT2D eigenvalue weighted by Crippen LogP contribution is -2.42. The molecule has 20 heavy (non-hydrogen) atoms. The summed E-state index contributed by atoms with van der Waals surface area (Å²) in [5.41, 5.74) is 1.19. The first-order valence-corrected chi connectivity index (χ1v) is 8.55. The van der Waals surface area contributed by atoms with E-state index in [1.807, 2.05) is 0 Å². The molecule has 3 saturated heterocycles. The number of hydrogen-bond acceptors (Lipinski definition) is 4. The highest BCUT2D eigenvalue weighted by atomic mass is 32.2. The average Bonchev–Trinajstić information content (AvgIpc) is 2.56. The molecule has 1 N–H and O–H groups in total. The van der Waals surface area contributed by atoms with Crippen LogP contribution in [0.5, 0.6) is 0 Å². The molecule has 112 valence electrons. The second kappa shape index (κ2) is 4.82. The highest BCUT2D eigenvalue weighted by molar-refractivity contribution is 7.89. The van der Waals surface area contributed by atoms with Gasteiger partial charge in [0.25, 0.3) is 0 Å². The monoisotopic (exact) mass is 298 g/mol. The molecule has 3 aliphatic rings. The molecule has 7 heteroatoms. The van der Waals surface area contributed by atoms with Gasteiger partial charge in [-0.25, -0.2) is 8.42 Å². The van der Waals surface area contributed by atoms with Gasteiger partial charge in [-0.3, -0.25) is 5.10 Å². The second-order valence-corrected chi connectivity index (χ2v) is 8.00. The lowest BCUT2D eigenvalue weighted by atomic mass is 9.96. The molecule has 4 rings (SSSR count). The number of piperidine rings is 1. The highest BCUT2D eigenvalue weighted by Gasteiger charge is 2.39. The van der Waals surface area contributed by atoms with Crippen molar-refractivity contribution in [2.75, 3.05) is 26.7 Å². The van der Waals surface area contributed by atoms with Gasteiger partial charge in [0.15, 0.2) is 0 Å². The van der Waals surface area contributed by atoms with Gasteiger partial charge in [-0.05, 0) is 39.7 Å². The van der Waals surface area contributed by atoms with Gasteiger partial charge >= 0.3 is 0 Å². The fourth-order valence-corrected chi connectivity index (χ4v) is 5.40. The van der Waals surface area contributed by atoms with Gasteiger partial charge in [-0.15, -0.1) is 0 Å².